The highest BCUT2D eigenvalue weighted by Crippen LogP contribution is 2.25. The minimum Gasteiger partial charge on any atom is -0.375 e. The summed E-state index contributed by atoms with van der Waals surface area (Å²) in [6, 6.07) is 4.29. The van der Waals surface area contributed by atoms with Gasteiger partial charge in [-0.2, -0.15) is 0 Å². The van der Waals surface area contributed by atoms with E-state index in [1.165, 1.54) is 16.9 Å². The summed E-state index contributed by atoms with van der Waals surface area (Å²) >= 11 is 1.46. The lowest BCUT2D eigenvalue weighted by atomic mass is 9.98. The van der Waals surface area contributed by atoms with E-state index in [4.69, 9.17) is 4.74 Å². The number of aromatic nitrogens is 2. The molecule has 2 atom stereocenters. The summed E-state index contributed by atoms with van der Waals surface area (Å²) in [4.78, 5) is 25.3. The summed E-state index contributed by atoms with van der Waals surface area (Å²) in [7, 11) is 0. The summed E-state index contributed by atoms with van der Waals surface area (Å²) in [5.41, 5.74) is 3.45. The summed E-state index contributed by atoms with van der Waals surface area (Å²) in [5.74, 6) is 0.0293. The van der Waals surface area contributed by atoms with Gasteiger partial charge in [0.25, 0.3) is 5.91 Å². The third-order valence-electron chi connectivity index (χ3n) is 4.75. The van der Waals surface area contributed by atoms with Gasteiger partial charge in [-0.3, -0.25) is 14.7 Å². The molecule has 2 aliphatic rings. The van der Waals surface area contributed by atoms with Gasteiger partial charge in [0.15, 0.2) is 0 Å². The average molecular weight is 344 g/mol. The molecule has 0 aromatic carbocycles. The number of morpholine rings is 1. The smallest absolute Gasteiger partial charge is 0.273 e. The van der Waals surface area contributed by atoms with Crippen LogP contribution in [0.2, 0.25) is 0 Å². The van der Waals surface area contributed by atoms with Crippen LogP contribution in [0, 0.1) is 0 Å². The number of nitrogens with zero attached hydrogens (tertiary/aromatic N) is 4. The molecule has 0 aliphatic carbocycles. The fraction of sp³-hybridized carbons (Fsp3) is 0.471. The molecule has 7 heteroatoms. The molecule has 0 saturated carbocycles. The number of pyridine rings is 1. The van der Waals surface area contributed by atoms with Crippen LogP contribution in [0.15, 0.2) is 35.4 Å². The lowest BCUT2D eigenvalue weighted by molar-refractivity contribution is -0.101. The average Bonchev–Trinajstić information content (AvgIpc) is 3.17. The maximum absolute atomic E-state index is 12.6. The highest BCUT2D eigenvalue weighted by atomic mass is 32.1. The van der Waals surface area contributed by atoms with Crippen molar-refractivity contribution in [2.75, 3.05) is 26.2 Å². The predicted octanol–water partition coefficient (Wildman–Crippen LogP) is 1.65. The SMILES string of the molecule is O=C(c1cscn1)N1CC[C@H]2OCCN(Cc3cccnc3)[C@@H]2C1. The second-order valence-electron chi connectivity index (χ2n) is 6.22. The van der Waals surface area contributed by atoms with Crippen molar-refractivity contribution >= 4 is 17.2 Å². The van der Waals surface area contributed by atoms with Gasteiger partial charge in [0.2, 0.25) is 0 Å². The van der Waals surface area contributed by atoms with E-state index < -0.39 is 0 Å². The Morgan fingerprint density at radius 3 is 3.17 bits per heavy atom. The Labute approximate surface area is 145 Å². The zero-order chi connectivity index (χ0) is 16.4. The van der Waals surface area contributed by atoms with E-state index in [1.54, 1.807) is 11.7 Å². The number of fused-ring (bicyclic) bond motifs is 1. The van der Waals surface area contributed by atoms with Gasteiger partial charge in [-0.25, -0.2) is 4.98 Å². The molecule has 0 bridgehead atoms. The second-order valence-corrected chi connectivity index (χ2v) is 6.94. The number of piperidine rings is 1. The lowest BCUT2D eigenvalue weighted by Gasteiger charge is -2.47. The second kappa shape index (κ2) is 6.96. The fourth-order valence-corrected chi connectivity index (χ4v) is 4.06. The van der Waals surface area contributed by atoms with Crippen molar-refractivity contribution in [1.82, 2.24) is 19.8 Å². The van der Waals surface area contributed by atoms with Crippen LogP contribution in [0.4, 0.5) is 0 Å². The Kier molecular flexibility index (Phi) is 4.55. The molecule has 2 aliphatic heterocycles. The molecule has 6 nitrogen and oxygen atoms in total. The van der Waals surface area contributed by atoms with Crippen molar-refractivity contribution in [3.63, 3.8) is 0 Å². The van der Waals surface area contributed by atoms with Crippen LogP contribution in [0.1, 0.15) is 22.5 Å². The lowest BCUT2D eigenvalue weighted by Crippen LogP contribution is -2.60. The van der Waals surface area contributed by atoms with Crippen molar-refractivity contribution in [2.24, 2.45) is 0 Å². The Balaban J connectivity index is 1.48. The predicted molar refractivity (Wildman–Crippen MR) is 90.8 cm³/mol. The van der Waals surface area contributed by atoms with Crippen molar-refractivity contribution in [3.8, 4) is 0 Å². The topological polar surface area (TPSA) is 58.6 Å². The number of hydrogen-bond donors (Lipinski definition) is 0. The van der Waals surface area contributed by atoms with Gasteiger partial charge in [0, 0.05) is 44.0 Å². The maximum atomic E-state index is 12.6. The van der Waals surface area contributed by atoms with Gasteiger partial charge in [0.05, 0.1) is 24.3 Å². The number of carbonyl (C=O) groups excluding carboxylic acids is 1. The minimum absolute atomic E-state index is 0.0293. The van der Waals surface area contributed by atoms with Crippen molar-refractivity contribution in [3.05, 3.63) is 46.7 Å². The molecule has 1 amide bonds. The number of likely N-dealkylation sites (tertiary alicyclic amines) is 1. The van der Waals surface area contributed by atoms with Crippen LogP contribution in [-0.2, 0) is 11.3 Å². The number of hydrogen-bond acceptors (Lipinski definition) is 6. The van der Waals surface area contributed by atoms with E-state index >= 15 is 0 Å². The molecule has 126 valence electrons. The first kappa shape index (κ1) is 15.7. The van der Waals surface area contributed by atoms with Crippen LogP contribution >= 0.6 is 11.3 Å². The van der Waals surface area contributed by atoms with E-state index in [0.717, 1.165) is 32.7 Å². The van der Waals surface area contributed by atoms with Crippen molar-refractivity contribution in [2.45, 2.75) is 25.1 Å². The quantitative estimate of drug-likeness (QED) is 0.847. The summed E-state index contributed by atoms with van der Waals surface area (Å²) in [5, 5.41) is 1.82. The molecule has 2 fully saturated rings. The van der Waals surface area contributed by atoms with Crippen LogP contribution in [0.3, 0.4) is 0 Å². The molecule has 0 spiro atoms. The van der Waals surface area contributed by atoms with E-state index in [2.05, 4.69) is 20.9 Å². The van der Waals surface area contributed by atoms with E-state index in [9.17, 15) is 4.79 Å². The van der Waals surface area contributed by atoms with Crippen LogP contribution in [0.25, 0.3) is 0 Å². The Hall–Kier alpha value is -1.83. The highest BCUT2D eigenvalue weighted by Gasteiger charge is 2.38. The fourth-order valence-electron chi connectivity index (χ4n) is 3.53. The van der Waals surface area contributed by atoms with Gasteiger partial charge in [0.1, 0.15) is 5.69 Å². The number of ether oxygens (including phenoxy) is 1. The molecular formula is C17H20N4O2S. The third kappa shape index (κ3) is 3.19. The highest BCUT2D eigenvalue weighted by molar-refractivity contribution is 7.07. The molecule has 2 aromatic heterocycles. The summed E-state index contributed by atoms with van der Waals surface area (Å²) < 4.78 is 5.96. The molecule has 24 heavy (non-hydrogen) atoms. The molecule has 2 saturated heterocycles. The van der Waals surface area contributed by atoms with Gasteiger partial charge in [-0.15, -0.1) is 11.3 Å². The van der Waals surface area contributed by atoms with E-state index in [0.29, 0.717) is 12.2 Å². The summed E-state index contributed by atoms with van der Waals surface area (Å²) in [6.07, 6.45) is 4.78. The first-order valence-corrected chi connectivity index (χ1v) is 9.17. The van der Waals surface area contributed by atoms with Crippen LogP contribution in [0.5, 0.6) is 0 Å². The number of rotatable bonds is 3. The first-order valence-electron chi connectivity index (χ1n) is 8.23. The third-order valence-corrected chi connectivity index (χ3v) is 5.33. The van der Waals surface area contributed by atoms with Gasteiger partial charge < -0.3 is 9.64 Å². The maximum Gasteiger partial charge on any atom is 0.273 e. The Morgan fingerprint density at radius 1 is 1.42 bits per heavy atom. The van der Waals surface area contributed by atoms with Gasteiger partial charge in [-0.05, 0) is 18.1 Å². The normalized spacial score (nSPS) is 24.6. The van der Waals surface area contributed by atoms with E-state index in [1.807, 2.05) is 22.5 Å². The van der Waals surface area contributed by atoms with E-state index in [-0.39, 0.29) is 18.1 Å². The number of carbonyl (C=O) groups is 1. The monoisotopic (exact) mass is 344 g/mol. The molecule has 0 unspecified atom stereocenters. The largest absolute Gasteiger partial charge is 0.375 e. The van der Waals surface area contributed by atoms with Crippen LogP contribution in [-0.4, -0.2) is 64.1 Å². The van der Waals surface area contributed by atoms with Gasteiger partial charge >= 0.3 is 0 Å². The zero-order valence-electron chi connectivity index (χ0n) is 13.4. The summed E-state index contributed by atoms with van der Waals surface area (Å²) in [6.45, 7) is 3.91. The number of thiazole rings is 1. The molecule has 0 N–H and O–H groups in total. The van der Waals surface area contributed by atoms with Crippen LogP contribution < -0.4 is 0 Å². The number of amides is 1. The van der Waals surface area contributed by atoms with Crippen molar-refractivity contribution in [1.29, 1.82) is 0 Å². The zero-order valence-corrected chi connectivity index (χ0v) is 14.2. The Bertz CT molecular complexity index is 679. The molecular weight excluding hydrogens is 324 g/mol. The van der Waals surface area contributed by atoms with Gasteiger partial charge in [-0.1, -0.05) is 6.07 Å². The minimum atomic E-state index is 0.0293. The molecule has 4 heterocycles. The first-order chi connectivity index (χ1) is 11.8. The molecule has 4 rings (SSSR count). The molecule has 2 aromatic rings. The Morgan fingerprint density at radius 2 is 2.38 bits per heavy atom. The standard InChI is InChI=1S/C17H20N4O2S/c22-17(14-11-24-12-19-14)21-5-3-16-15(10-21)20(6-7-23-16)9-13-2-1-4-18-8-13/h1-2,4,8,11-12,15-16H,3,5-7,9-10H2/t15-,16-/m1/s1. The van der Waals surface area contributed by atoms with Crippen molar-refractivity contribution < 1.29 is 9.53 Å². The molecule has 0 radical (unpaired) electrons.